The summed E-state index contributed by atoms with van der Waals surface area (Å²) >= 11 is 5.87. The maximum Gasteiger partial charge on any atom is 0.127 e. The minimum absolute atomic E-state index is 0.0153. The second-order valence-electron chi connectivity index (χ2n) is 5.14. The predicted octanol–water partition coefficient (Wildman–Crippen LogP) is 4.76. The summed E-state index contributed by atoms with van der Waals surface area (Å²) in [4.78, 5) is 0. The van der Waals surface area contributed by atoms with E-state index in [4.69, 9.17) is 11.6 Å². The lowest BCUT2D eigenvalue weighted by Gasteiger charge is -2.21. The zero-order valence-electron chi connectivity index (χ0n) is 11.7. The number of hydrogen-bond acceptors (Lipinski definition) is 1. The Balaban J connectivity index is 1.96. The van der Waals surface area contributed by atoms with Crippen LogP contribution in [0.15, 0.2) is 48.5 Å². The molecule has 20 heavy (non-hydrogen) atoms. The van der Waals surface area contributed by atoms with Crippen LogP contribution in [-0.2, 0) is 6.42 Å². The van der Waals surface area contributed by atoms with E-state index in [1.54, 1.807) is 6.07 Å². The van der Waals surface area contributed by atoms with E-state index in [2.05, 4.69) is 12.2 Å². The second-order valence-corrected chi connectivity index (χ2v) is 5.58. The van der Waals surface area contributed by atoms with Crippen molar-refractivity contribution in [2.45, 2.75) is 32.4 Å². The molecule has 0 fully saturated rings. The van der Waals surface area contributed by atoms with Crippen molar-refractivity contribution < 1.29 is 4.39 Å². The van der Waals surface area contributed by atoms with Crippen LogP contribution >= 0.6 is 11.6 Å². The molecule has 0 aliphatic carbocycles. The molecule has 106 valence electrons. The molecule has 1 unspecified atom stereocenters. The van der Waals surface area contributed by atoms with Gasteiger partial charge in [-0.25, -0.2) is 4.39 Å². The lowest BCUT2D eigenvalue weighted by atomic mass is 10.0. The van der Waals surface area contributed by atoms with Crippen molar-refractivity contribution in [2.75, 3.05) is 0 Å². The molecule has 0 heterocycles. The smallest absolute Gasteiger partial charge is 0.127 e. The zero-order chi connectivity index (χ0) is 14.5. The summed E-state index contributed by atoms with van der Waals surface area (Å²) < 4.78 is 13.7. The van der Waals surface area contributed by atoms with Gasteiger partial charge in [-0.15, -0.1) is 0 Å². The second kappa shape index (κ2) is 6.87. The number of nitrogens with one attached hydrogen (secondary N) is 1. The molecule has 2 aromatic carbocycles. The Hall–Kier alpha value is -1.38. The van der Waals surface area contributed by atoms with E-state index in [0.29, 0.717) is 5.56 Å². The number of halogens is 2. The summed E-state index contributed by atoms with van der Waals surface area (Å²) in [6.45, 7) is 4.09. The predicted molar refractivity (Wildman–Crippen MR) is 82.6 cm³/mol. The lowest BCUT2D eigenvalue weighted by molar-refractivity contribution is 0.460. The molecule has 0 radical (unpaired) electrons. The summed E-state index contributed by atoms with van der Waals surface area (Å²) in [5.41, 5.74) is 1.92. The molecule has 0 spiro atoms. The van der Waals surface area contributed by atoms with E-state index in [0.717, 1.165) is 11.4 Å². The Kier molecular flexibility index (Phi) is 5.16. The van der Waals surface area contributed by atoms with Gasteiger partial charge in [0.1, 0.15) is 5.82 Å². The molecule has 2 rings (SSSR count). The first kappa shape index (κ1) is 15.0. The summed E-state index contributed by atoms with van der Waals surface area (Å²) in [6.07, 6.45) is 0.885. The normalized spacial score (nSPS) is 14.0. The molecular formula is C17H19ClFN. The van der Waals surface area contributed by atoms with Crippen molar-refractivity contribution >= 4 is 11.6 Å². The SMILES string of the molecule is CC(Cc1ccc(Cl)cc1)N[C@H](C)c1ccccc1F. The quantitative estimate of drug-likeness (QED) is 0.837. The molecule has 0 saturated carbocycles. The van der Waals surface area contributed by atoms with Crippen LogP contribution < -0.4 is 5.32 Å². The monoisotopic (exact) mass is 291 g/mol. The van der Waals surface area contributed by atoms with E-state index in [-0.39, 0.29) is 17.9 Å². The number of benzene rings is 2. The topological polar surface area (TPSA) is 12.0 Å². The Morgan fingerprint density at radius 2 is 1.70 bits per heavy atom. The van der Waals surface area contributed by atoms with Crippen molar-refractivity contribution in [3.8, 4) is 0 Å². The fraction of sp³-hybridized carbons (Fsp3) is 0.294. The minimum atomic E-state index is -0.161. The highest BCUT2D eigenvalue weighted by atomic mass is 35.5. The summed E-state index contributed by atoms with van der Waals surface area (Å²) in [5.74, 6) is -0.161. The van der Waals surface area contributed by atoms with Crippen LogP contribution in [-0.4, -0.2) is 6.04 Å². The molecular weight excluding hydrogens is 273 g/mol. The Labute approximate surface area is 124 Å². The third-order valence-electron chi connectivity index (χ3n) is 3.36. The standard InChI is InChI=1S/C17H19ClFN/c1-12(11-14-7-9-15(18)10-8-14)20-13(2)16-5-3-4-6-17(16)19/h3-10,12-13,20H,11H2,1-2H3/t12?,13-/m1/s1. The average molecular weight is 292 g/mol. The highest BCUT2D eigenvalue weighted by Crippen LogP contribution is 2.18. The molecule has 0 aliphatic rings. The van der Waals surface area contributed by atoms with E-state index >= 15 is 0 Å². The van der Waals surface area contributed by atoms with Gasteiger partial charge in [-0.2, -0.15) is 0 Å². The fourth-order valence-electron chi connectivity index (χ4n) is 2.38. The van der Waals surface area contributed by atoms with Crippen LogP contribution in [0.2, 0.25) is 5.02 Å². The van der Waals surface area contributed by atoms with E-state index in [1.165, 1.54) is 11.6 Å². The maximum absolute atomic E-state index is 13.7. The Morgan fingerprint density at radius 1 is 1.05 bits per heavy atom. The van der Waals surface area contributed by atoms with E-state index in [1.807, 2.05) is 43.3 Å². The van der Waals surface area contributed by atoms with Gasteiger partial charge in [-0.05, 0) is 44.0 Å². The molecule has 2 atom stereocenters. The summed E-state index contributed by atoms with van der Waals surface area (Å²) in [6, 6.07) is 15.0. The Morgan fingerprint density at radius 3 is 2.35 bits per heavy atom. The van der Waals surface area contributed by atoms with Gasteiger partial charge < -0.3 is 5.32 Å². The highest BCUT2D eigenvalue weighted by Gasteiger charge is 2.13. The van der Waals surface area contributed by atoms with Crippen molar-refractivity contribution in [1.82, 2.24) is 5.32 Å². The molecule has 0 saturated heterocycles. The van der Waals surface area contributed by atoms with Gasteiger partial charge >= 0.3 is 0 Å². The van der Waals surface area contributed by atoms with Gasteiger partial charge in [0.2, 0.25) is 0 Å². The van der Waals surface area contributed by atoms with E-state index < -0.39 is 0 Å². The van der Waals surface area contributed by atoms with Crippen molar-refractivity contribution in [2.24, 2.45) is 0 Å². The number of rotatable bonds is 5. The molecule has 0 aromatic heterocycles. The third-order valence-corrected chi connectivity index (χ3v) is 3.61. The molecule has 0 bridgehead atoms. The van der Waals surface area contributed by atoms with Gasteiger partial charge in [0.05, 0.1) is 0 Å². The van der Waals surface area contributed by atoms with Gasteiger partial charge in [-0.3, -0.25) is 0 Å². The molecule has 0 aliphatic heterocycles. The highest BCUT2D eigenvalue weighted by molar-refractivity contribution is 6.30. The van der Waals surface area contributed by atoms with Crippen LogP contribution in [0.1, 0.15) is 31.0 Å². The van der Waals surface area contributed by atoms with Crippen LogP contribution in [0.4, 0.5) is 4.39 Å². The molecule has 0 amide bonds. The average Bonchev–Trinajstić information content (AvgIpc) is 2.41. The van der Waals surface area contributed by atoms with Crippen LogP contribution in [0.5, 0.6) is 0 Å². The summed E-state index contributed by atoms with van der Waals surface area (Å²) in [7, 11) is 0. The molecule has 1 N–H and O–H groups in total. The largest absolute Gasteiger partial charge is 0.307 e. The lowest BCUT2D eigenvalue weighted by Crippen LogP contribution is -2.31. The van der Waals surface area contributed by atoms with Crippen molar-refractivity contribution in [3.05, 3.63) is 70.5 Å². The van der Waals surface area contributed by atoms with Crippen LogP contribution in [0.3, 0.4) is 0 Å². The first-order chi connectivity index (χ1) is 9.56. The van der Waals surface area contributed by atoms with Crippen LogP contribution in [0, 0.1) is 5.82 Å². The molecule has 1 nitrogen and oxygen atoms in total. The van der Waals surface area contributed by atoms with Gasteiger partial charge in [0, 0.05) is 22.7 Å². The first-order valence-electron chi connectivity index (χ1n) is 6.81. The number of hydrogen-bond donors (Lipinski definition) is 1. The van der Waals surface area contributed by atoms with Crippen molar-refractivity contribution in [3.63, 3.8) is 0 Å². The van der Waals surface area contributed by atoms with Crippen molar-refractivity contribution in [1.29, 1.82) is 0 Å². The van der Waals surface area contributed by atoms with Gasteiger partial charge in [0.25, 0.3) is 0 Å². The van der Waals surface area contributed by atoms with Gasteiger partial charge in [0.15, 0.2) is 0 Å². The first-order valence-corrected chi connectivity index (χ1v) is 7.19. The summed E-state index contributed by atoms with van der Waals surface area (Å²) in [5, 5.41) is 4.17. The molecule has 2 aromatic rings. The zero-order valence-corrected chi connectivity index (χ0v) is 12.5. The van der Waals surface area contributed by atoms with Crippen LogP contribution in [0.25, 0.3) is 0 Å². The van der Waals surface area contributed by atoms with E-state index in [9.17, 15) is 4.39 Å². The third kappa shape index (κ3) is 4.06. The maximum atomic E-state index is 13.7. The molecule has 3 heteroatoms. The van der Waals surface area contributed by atoms with Gasteiger partial charge in [-0.1, -0.05) is 41.9 Å². The fourth-order valence-corrected chi connectivity index (χ4v) is 2.50. The minimum Gasteiger partial charge on any atom is -0.307 e. The Bertz CT molecular complexity index is 553.